The molecule has 6 heteroatoms. The Bertz CT molecular complexity index is 636. The number of hydrogen-bond donors (Lipinski definition) is 2. The maximum atomic E-state index is 13.5. The molecule has 100 valence electrons. The van der Waals surface area contributed by atoms with Crippen molar-refractivity contribution in [1.82, 2.24) is 9.88 Å². The van der Waals surface area contributed by atoms with Gasteiger partial charge in [-0.3, -0.25) is 9.59 Å². The molecular formula is C13H13FN2O3. The second-order valence-corrected chi connectivity index (χ2v) is 4.26. The lowest BCUT2D eigenvalue weighted by atomic mass is 10.2. The third kappa shape index (κ3) is 2.73. The number of halogens is 1. The van der Waals surface area contributed by atoms with Gasteiger partial charge in [0.25, 0.3) is 5.91 Å². The molecular weight excluding hydrogens is 251 g/mol. The second-order valence-electron chi connectivity index (χ2n) is 4.26. The van der Waals surface area contributed by atoms with Crippen LogP contribution in [0.1, 0.15) is 16.9 Å². The van der Waals surface area contributed by atoms with Gasteiger partial charge in [0.05, 0.1) is 11.9 Å². The van der Waals surface area contributed by atoms with Crippen LogP contribution >= 0.6 is 0 Å². The number of aliphatic carboxylic acids is 1. The van der Waals surface area contributed by atoms with Crippen molar-refractivity contribution in [3.8, 4) is 0 Å². The number of nitrogens with zero attached hydrogens (tertiary/aromatic N) is 1. The normalized spacial score (nSPS) is 10.6. The van der Waals surface area contributed by atoms with Gasteiger partial charge in [0, 0.05) is 19.0 Å². The highest BCUT2D eigenvalue weighted by Crippen LogP contribution is 2.19. The van der Waals surface area contributed by atoms with Crippen molar-refractivity contribution in [2.24, 2.45) is 0 Å². The smallest absolute Gasteiger partial charge is 0.305 e. The largest absolute Gasteiger partial charge is 0.481 e. The summed E-state index contributed by atoms with van der Waals surface area (Å²) in [7, 11) is 1.51. The van der Waals surface area contributed by atoms with Crippen molar-refractivity contribution >= 4 is 22.8 Å². The monoisotopic (exact) mass is 264 g/mol. The van der Waals surface area contributed by atoms with Crippen molar-refractivity contribution in [2.75, 3.05) is 13.6 Å². The van der Waals surface area contributed by atoms with E-state index in [1.807, 2.05) is 0 Å². The molecule has 0 atom stereocenters. The molecule has 2 aromatic rings. The third-order valence-electron chi connectivity index (χ3n) is 2.84. The van der Waals surface area contributed by atoms with Crippen LogP contribution in [0.3, 0.4) is 0 Å². The summed E-state index contributed by atoms with van der Waals surface area (Å²) in [5.41, 5.74) is 0.519. The number of fused-ring (bicyclic) bond motifs is 1. The van der Waals surface area contributed by atoms with Crippen LogP contribution in [0, 0.1) is 5.82 Å². The van der Waals surface area contributed by atoms with Crippen LogP contribution in [0.25, 0.3) is 10.9 Å². The Morgan fingerprint density at radius 3 is 2.79 bits per heavy atom. The third-order valence-corrected chi connectivity index (χ3v) is 2.84. The summed E-state index contributed by atoms with van der Waals surface area (Å²) in [6.45, 7) is 0.103. The number of carboxylic acid groups (broad SMARTS) is 1. The maximum Gasteiger partial charge on any atom is 0.305 e. The van der Waals surface area contributed by atoms with Crippen LogP contribution in [0.15, 0.2) is 24.3 Å². The minimum Gasteiger partial charge on any atom is -0.481 e. The first-order valence-corrected chi connectivity index (χ1v) is 5.73. The second kappa shape index (κ2) is 5.09. The molecule has 0 bridgehead atoms. The highest BCUT2D eigenvalue weighted by atomic mass is 19.1. The number of amides is 1. The number of rotatable bonds is 4. The molecule has 0 unspecified atom stereocenters. The lowest BCUT2D eigenvalue weighted by molar-refractivity contribution is -0.137. The van der Waals surface area contributed by atoms with E-state index in [2.05, 4.69) is 4.98 Å². The molecule has 1 amide bonds. The van der Waals surface area contributed by atoms with Gasteiger partial charge in [0.15, 0.2) is 0 Å². The average Bonchev–Trinajstić information content (AvgIpc) is 2.80. The molecule has 0 aliphatic carbocycles. The summed E-state index contributed by atoms with van der Waals surface area (Å²) in [4.78, 5) is 26.5. The Morgan fingerprint density at radius 2 is 2.16 bits per heavy atom. The summed E-state index contributed by atoms with van der Waals surface area (Å²) < 4.78 is 13.5. The Balaban J connectivity index is 2.21. The number of carbonyl (C=O) groups excluding carboxylic acids is 1. The first-order valence-electron chi connectivity index (χ1n) is 5.73. The zero-order valence-electron chi connectivity index (χ0n) is 10.3. The number of para-hydroxylation sites is 1. The highest BCUT2D eigenvalue weighted by Gasteiger charge is 2.16. The van der Waals surface area contributed by atoms with Crippen molar-refractivity contribution in [2.45, 2.75) is 6.42 Å². The fourth-order valence-corrected chi connectivity index (χ4v) is 1.80. The van der Waals surface area contributed by atoms with E-state index in [1.54, 1.807) is 18.2 Å². The standard InChI is InChI=1S/C13H13FN2O3/c1-16(6-5-11(17)18)13(19)10-7-8-3-2-4-9(14)12(8)15-10/h2-4,7,15H,5-6H2,1H3,(H,17,18). The molecule has 0 saturated heterocycles. The Hall–Kier alpha value is -2.37. The SMILES string of the molecule is CN(CCC(=O)O)C(=O)c1cc2cccc(F)c2[nH]1. The number of hydrogen-bond acceptors (Lipinski definition) is 2. The quantitative estimate of drug-likeness (QED) is 0.885. The van der Waals surface area contributed by atoms with Gasteiger partial charge in [-0.1, -0.05) is 12.1 Å². The molecule has 0 spiro atoms. The van der Waals surface area contributed by atoms with Gasteiger partial charge in [-0.15, -0.1) is 0 Å². The van der Waals surface area contributed by atoms with Gasteiger partial charge in [-0.05, 0) is 12.1 Å². The Morgan fingerprint density at radius 1 is 1.42 bits per heavy atom. The van der Waals surface area contributed by atoms with Crippen LogP contribution < -0.4 is 0 Å². The number of nitrogens with one attached hydrogen (secondary N) is 1. The molecule has 0 saturated carbocycles. The van der Waals surface area contributed by atoms with E-state index in [0.29, 0.717) is 5.39 Å². The van der Waals surface area contributed by atoms with Gasteiger partial charge in [-0.25, -0.2) is 4.39 Å². The summed E-state index contributed by atoms with van der Waals surface area (Å²) in [5, 5.41) is 9.18. The summed E-state index contributed by atoms with van der Waals surface area (Å²) >= 11 is 0. The van der Waals surface area contributed by atoms with Crippen LogP contribution in [0.4, 0.5) is 4.39 Å². The van der Waals surface area contributed by atoms with Crippen molar-refractivity contribution in [1.29, 1.82) is 0 Å². The fourth-order valence-electron chi connectivity index (χ4n) is 1.80. The predicted octanol–water partition coefficient (Wildman–Crippen LogP) is 1.85. The van der Waals surface area contributed by atoms with Gasteiger partial charge in [0.2, 0.25) is 0 Å². The number of aromatic amines is 1. The fraction of sp³-hybridized carbons (Fsp3) is 0.231. The zero-order valence-corrected chi connectivity index (χ0v) is 10.3. The maximum absolute atomic E-state index is 13.5. The summed E-state index contributed by atoms with van der Waals surface area (Å²) in [6, 6.07) is 6.12. The molecule has 0 fully saturated rings. The van der Waals surface area contributed by atoms with Crippen LogP contribution in [0.5, 0.6) is 0 Å². The van der Waals surface area contributed by atoms with Crippen LogP contribution in [-0.2, 0) is 4.79 Å². The van der Waals surface area contributed by atoms with E-state index in [4.69, 9.17) is 5.11 Å². The van der Waals surface area contributed by atoms with Crippen LogP contribution in [0.2, 0.25) is 0 Å². The van der Waals surface area contributed by atoms with E-state index in [-0.39, 0.29) is 30.1 Å². The first kappa shape index (κ1) is 13.1. The average molecular weight is 264 g/mol. The van der Waals surface area contributed by atoms with E-state index >= 15 is 0 Å². The van der Waals surface area contributed by atoms with Gasteiger partial charge >= 0.3 is 5.97 Å². The van der Waals surface area contributed by atoms with E-state index in [1.165, 1.54) is 18.0 Å². The van der Waals surface area contributed by atoms with E-state index in [0.717, 1.165) is 0 Å². The molecule has 2 N–H and O–H groups in total. The highest BCUT2D eigenvalue weighted by molar-refractivity contribution is 5.98. The molecule has 2 rings (SSSR count). The molecule has 5 nitrogen and oxygen atoms in total. The Kier molecular flexibility index (Phi) is 3.50. The number of benzene rings is 1. The molecule has 19 heavy (non-hydrogen) atoms. The van der Waals surface area contributed by atoms with Gasteiger partial charge < -0.3 is 15.0 Å². The molecule has 0 radical (unpaired) electrons. The number of carbonyl (C=O) groups is 2. The minimum atomic E-state index is -0.970. The number of H-pyrrole nitrogens is 1. The number of aromatic nitrogens is 1. The van der Waals surface area contributed by atoms with Gasteiger partial charge in [-0.2, -0.15) is 0 Å². The Labute approximate surface area is 108 Å². The lowest BCUT2D eigenvalue weighted by Crippen LogP contribution is -2.29. The van der Waals surface area contributed by atoms with Crippen molar-refractivity contribution in [3.63, 3.8) is 0 Å². The lowest BCUT2D eigenvalue weighted by Gasteiger charge is -2.14. The first-order chi connectivity index (χ1) is 8.99. The van der Waals surface area contributed by atoms with Crippen molar-refractivity contribution < 1.29 is 19.1 Å². The van der Waals surface area contributed by atoms with E-state index < -0.39 is 11.8 Å². The van der Waals surface area contributed by atoms with E-state index in [9.17, 15) is 14.0 Å². The van der Waals surface area contributed by atoms with Crippen molar-refractivity contribution in [3.05, 3.63) is 35.8 Å². The minimum absolute atomic E-state index is 0.103. The molecule has 1 aromatic carbocycles. The van der Waals surface area contributed by atoms with Gasteiger partial charge in [0.1, 0.15) is 11.5 Å². The van der Waals surface area contributed by atoms with Crippen LogP contribution in [-0.4, -0.2) is 40.5 Å². The molecule has 1 aromatic heterocycles. The topological polar surface area (TPSA) is 73.4 Å². The predicted molar refractivity (Wildman–Crippen MR) is 67.5 cm³/mol. The zero-order chi connectivity index (χ0) is 14.0. The number of carboxylic acids is 1. The molecule has 1 heterocycles. The summed E-state index contributed by atoms with van der Waals surface area (Å²) in [6.07, 6.45) is -0.128. The summed E-state index contributed by atoms with van der Waals surface area (Å²) in [5.74, 6) is -1.76. The molecule has 0 aliphatic heterocycles. The molecule has 0 aliphatic rings.